The molecule has 0 spiro atoms. The van der Waals surface area contributed by atoms with Crippen LogP contribution >= 0.6 is 23.5 Å². The molecule has 4 aromatic carbocycles. The van der Waals surface area contributed by atoms with Gasteiger partial charge < -0.3 is 0 Å². The molecule has 0 saturated heterocycles. The van der Waals surface area contributed by atoms with Crippen LogP contribution < -0.4 is 16.4 Å². The Kier molecular flexibility index (Phi) is 5.04. The van der Waals surface area contributed by atoms with Crippen LogP contribution in [-0.2, 0) is 20.1 Å². The average Bonchev–Trinajstić information content (AvgIpc) is 2.83. The van der Waals surface area contributed by atoms with Crippen LogP contribution in [-0.4, -0.2) is 11.7 Å². The van der Waals surface area contributed by atoms with E-state index in [1.807, 2.05) is 29.6 Å². The summed E-state index contributed by atoms with van der Waals surface area (Å²) < 4.78 is 0. The van der Waals surface area contributed by atoms with Gasteiger partial charge in [-0.25, -0.2) is 0 Å². The molecule has 0 unspecified atom stereocenters. The van der Waals surface area contributed by atoms with Gasteiger partial charge in [0.05, 0.1) is 5.52 Å². The first-order valence-electron chi connectivity index (χ1n) is 10.3. The summed E-state index contributed by atoms with van der Waals surface area (Å²) in [5.74, 6) is 0. The summed E-state index contributed by atoms with van der Waals surface area (Å²) in [4.78, 5) is 10.2. The van der Waals surface area contributed by atoms with Gasteiger partial charge >= 0.3 is 0 Å². The van der Waals surface area contributed by atoms with Crippen molar-refractivity contribution < 1.29 is 20.1 Å². The minimum absolute atomic E-state index is 0. The van der Waals surface area contributed by atoms with Crippen molar-refractivity contribution in [3.8, 4) is 11.3 Å². The van der Waals surface area contributed by atoms with Crippen molar-refractivity contribution in [1.29, 1.82) is 0 Å². The Morgan fingerprint density at radius 3 is 2.19 bits per heavy atom. The monoisotopic (exact) mass is 621 g/mol. The molecule has 0 amide bonds. The van der Waals surface area contributed by atoms with Gasteiger partial charge in [-0.15, -0.1) is 46.7 Å². The number of benzene rings is 4. The summed E-state index contributed by atoms with van der Waals surface area (Å²) >= 11 is 3.72. The van der Waals surface area contributed by atoms with Crippen molar-refractivity contribution in [2.75, 3.05) is 0 Å². The van der Waals surface area contributed by atoms with E-state index in [1.165, 1.54) is 36.0 Å². The van der Waals surface area contributed by atoms with E-state index >= 15 is 0 Å². The first-order valence-corrected chi connectivity index (χ1v) is 12.0. The third-order valence-electron chi connectivity index (χ3n) is 6.09. The van der Waals surface area contributed by atoms with E-state index in [0.29, 0.717) is 0 Å². The Hall–Kier alpha value is -2.30. The molecule has 1 aromatic heterocycles. The maximum absolute atomic E-state index is 4.95. The fourth-order valence-corrected chi connectivity index (χ4v) is 7.10. The number of hydrogen-bond donors (Lipinski definition) is 0. The molecule has 7 rings (SSSR count). The maximum atomic E-state index is 4.95. The third-order valence-corrected chi connectivity index (χ3v) is 8.36. The smallest absolute Gasteiger partial charge is 0.195 e. The Bertz CT molecular complexity index is 1450. The van der Waals surface area contributed by atoms with Crippen molar-refractivity contribution in [3.05, 3.63) is 97.1 Å². The zero-order valence-electron chi connectivity index (χ0n) is 16.8. The number of aromatic nitrogens is 1. The molecular formula is C27H15BIrNS2-. The van der Waals surface area contributed by atoms with E-state index in [-0.39, 0.29) is 26.8 Å². The summed E-state index contributed by atoms with van der Waals surface area (Å²) in [5, 5.41) is 1.16. The van der Waals surface area contributed by atoms with Gasteiger partial charge in [0.25, 0.3) is 0 Å². The van der Waals surface area contributed by atoms with Crippen LogP contribution in [0.15, 0.2) is 111 Å². The molecule has 0 atom stereocenters. The van der Waals surface area contributed by atoms with Gasteiger partial charge in [0.2, 0.25) is 0 Å². The van der Waals surface area contributed by atoms with Gasteiger partial charge in [-0.3, -0.25) is 4.98 Å². The zero-order valence-corrected chi connectivity index (χ0v) is 20.9. The van der Waals surface area contributed by atoms with Crippen LogP contribution in [0, 0.1) is 6.07 Å². The number of hydrogen-bond acceptors (Lipinski definition) is 3. The van der Waals surface area contributed by atoms with Crippen LogP contribution in [0.5, 0.6) is 0 Å². The van der Waals surface area contributed by atoms with Crippen molar-refractivity contribution in [2.24, 2.45) is 0 Å². The molecule has 0 fully saturated rings. The number of para-hydroxylation sites is 1. The molecule has 0 bridgehead atoms. The minimum atomic E-state index is 0. The Balaban J connectivity index is 0.00000196. The molecule has 3 heterocycles. The molecular weight excluding hydrogens is 605 g/mol. The Morgan fingerprint density at radius 1 is 0.688 bits per heavy atom. The molecule has 0 saturated carbocycles. The molecule has 5 heteroatoms. The van der Waals surface area contributed by atoms with Crippen molar-refractivity contribution in [3.63, 3.8) is 0 Å². The fraction of sp³-hybridized carbons (Fsp3) is 0. The van der Waals surface area contributed by atoms with Crippen molar-refractivity contribution >= 4 is 57.5 Å². The van der Waals surface area contributed by atoms with Gasteiger partial charge in [-0.2, -0.15) is 0 Å². The van der Waals surface area contributed by atoms with E-state index in [0.717, 1.165) is 22.2 Å². The molecule has 153 valence electrons. The predicted molar refractivity (Wildman–Crippen MR) is 132 cm³/mol. The fourth-order valence-electron chi connectivity index (χ4n) is 4.67. The van der Waals surface area contributed by atoms with Crippen molar-refractivity contribution in [1.82, 2.24) is 4.98 Å². The second-order valence-corrected chi connectivity index (χ2v) is 10.0. The standard InChI is InChI=1S/C27H15BNS2.Ir/c1-4-10-21-17(7-1)13-14-22(29-21)18-15-25-27-26(16-18)31-24-12-6-3-9-20(24)28(27)19-8-2-5-11-23(19)30-25;/h1-15H;/q-1;. The topological polar surface area (TPSA) is 12.9 Å². The Labute approximate surface area is 209 Å². The zero-order chi connectivity index (χ0) is 20.4. The summed E-state index contributed by atoms with van der Waals surface area (Å²) in [6, 6.07) is 36.2. The minimum Gasteiger partial charge on any atom is -0.296 e. The molecule has 1 nitrogen and oxygen atoms in total. The van der Waals surface area contributed by atoms with E-state index in [9.17, 15) is 0 Å². The summed E-state index contributed by atoms with van der Waals surface area (Å²) in [7, 11) is 0. The number of pyridine rings is 1. The molecule has 5 aromatic rings. The summed E-state index contributed by atoms with van der Waals surface area (Å²) in [5.41, 5.74) is 7.27. The molecule has 32 heavy (non-hydrogen) atoms. The number of fused-ring (bicyclic) bond motifs is 5. The van der Waals surface area contributed by atoms with E-state index in [2.05, 4.69) is 91.0 Å². The first kappa shape index (κ1) is 20.3. The summed E-state index contributed by atoms with van der Waals surface area (Å²) in [6.07, 6.45) is 0. The quantitative estimate of drug-likeness (QED) is 0.186. The molecule has 2 aliphatic heterocycles. The Morgan fingerprint density at radius 2 is 1.38 bits per heavy atom. The van der Waals surface area contributed by atoms with E-state index in [1.54, 1.807) is 0 Å². The average molecular weight is 621 g/mol. The van der Waals surface area contributed by atoms with Crippen LogP contribution in [0.4, 0.5) is 0 Å². The van der Waals surface area contributed by atoms with E-state index in [4.69, 9.17) is 4.98 Å². The van der Waals surface area contributed by atoms with E-state index < -0.39 is 0 Å². The van der Waals surface area contributed by atoms with Gasteiger partial charge in [0.1, 0.15) is 0 Å². The van der Waals surface area contributed by atoms with Gasteiger partial charge in [-0.05, 0) is 29.3 Å². The molecule has 0 aliphatic carbocycles. The number of nitrogens with zero attached hydrogens (tertiary/aromatic N) is 1. The largest absolute Gasteiger partial charge is 0.296 e. The second-order valence-electron chi connectivity index (χ2n) is 7.89. The number of rotatable bonds is 1. The van der Waals surface area contributed by atoms with Gasteiger partial charge in [0, 0.05) is 29.9 Å². The first-order chi connectivity index (χ1) is 15.3. The third kappa shape index (κ3) is 3.11. The molecule has 0 N–H and O–H groups in total. The predicted octanol–water partition coefficient (Wildman–Crippen LogP) is 5.14. The van der Waals surface area contributed by atoms with Crippen molar-refractivity contribution in [2.45, 2.75) is 19.6 Å². The summed E-state index contributed by atoms with van der Waals surface area (Å²) in [6.45, 7) is 0.273. The second kappa shape index (κ2) is 7.93. The molecule has 1 radical (unpaired) electrons. The van der Waals surface area contributed by atoms with Gasteiger partial charge in [0.15, 0.2) is 6.71 Å². The van der Waals surface area contributed by atoms with Gasteiger partial charge in [-0.1, -0.05) is 87.4 Å². The molecule has 2 aliphatic rings. The van der Waals surface area contributed by atoms with Crippen LogP contribution in [0.1, 0.15) is 0 Å². The van der Waals surface area contributed by atoms with Crippen LogP contribution in [0.2, 0.25) is 0 Å². The van der Waals surface area contributed by atoms with Crippen LogP contribution in [0.25, 0.3) is 22.2 Å². The van der Waals surface area contributed by atoms with Crippen LogP contribution in [0.3, 0.4) is 0 Å². The normalized spacial score (nSPS) is 13.1. The SMILES string of the molecule is [Ir].[c-]1c(-c2ccc3ccccc3n2)cc2c3c1Sc1ccccc1B3c1ccccc1S2. The maximum Gasteiger partial charge on any atom is 0.195 e.